The summed E-state index contributed by atoms with van der Waals surface area (Å²) in [5.74, 6) is 0.799. The number of pyridine rings is 1. The number of nitrogens with one attached hydrogen (secondary N) is 2. The Morgan fingerprint density at radius 3 is 2.76 bits per heavy atom. The maximum absolute atomic E-state index is 4.28. The van der Waals surface area contributed by atoms with Crippen LogP contribution in [0.4, 0.5) is 0 Å². The molecule has 2 N–H and O–H groups in total. The number of benzene rings is 1. The number of aliphatic imine (C=N–C) groups is 1. The van der Waals surface area contributed by atoms with Crippen LogP contribution in [0.15, 0.2) is 53.7 Å². The highest BCUT2D eigenvalue weighted by molar-refractivity contribution is 5.79. The first-order valence-electron chi connectivity index (χ1n) is 7.18. The fourth-order valence-corrected chi connectivity index (χ4v) is 2.09. The lowest BCUT2D eigenvalue weighted by Crippen LogP contribution is -2.38. The SMILES string of the molecule is CN=C(NCCc1cccc(C)c1)NCc1ccccn1. The Bertz CT molecular complexity index is 578. The molecule has 4 nitrogen and oxygen atoms in total. The number of guanidine groups is 1. The van der Waals surface area contributed by atoms with E-state index in [9.17, 15) is 0 Å². The molecule has 0 bridgehead atoms. The summed E-state index contributed by atoms with van der Waals surface area (Å²) < 4.78 is 0. The van der Waals surface area contributed by atoms with Gasteiger partial charge in [0.25, 0.3) is 0 Å². The van der Waals surface area contributed by atoms with Crippen molar-refractivity contribution in [3.05, 3.63) is 65.5 Å². The molecule has 0 spiro atoms. The van der Waals surface area contributed by atoms with E-state index in [1.807, 2.05) is 18.2 Å². The largest absolute Gasteiger partial charge is 0.356 e. The van der Waals surface area contributed by atoms with Crippen LogP contribution in [0.5, 0.6) is 0 Å². The molecule has 0 aliphatic rings. The highest BCUT2D eigenvalue weighted by Gasteiger charge is 1.99. The Morgan fingerprint density at radius 1 is 1.14 bits per heavy atom. The molecule has 0 aliphatic heterocycles. The molecular formula is C17H22N4. The van der Waals surface area contributed by atoms with Gasteiger partial charge in [-0.15, -0.1) is 0 Å². The predicted octanol–water partition coefficient (Wildman–Crippen LogP) is 2.30. The molecule has 4 heteroatoms. The van der Waals surface area contributed by atoms with Gasteiger partial charge in [-0.1, -0.05) is 35.9 Å². The fraction of sp³-hybridized carbons (Fsp3) is 0.294. The number of hydrogen-bond donors (Lipinski definition) is 2. The first kappa shape index (κ1) is 15.0. The Kier molecular flexibility index (Phi) is 5.76. The van der Waals surface area contributed by atoms with Crippen LogP contribution in [0.25, 0.3) is 0 Å². The van der Waals surface area contributed by atoms with E-state index in [0.717, 1.165) is 24.6 Å². The monoisotopic (exact) mass is 282 g/mol. The second kappa shape index (κ2) is 8.04. The van der Waals surface area contributed by atoms with Crippen LogP contribution in [-0.4, -0.2) is 24.5 Å². The average molecular weight is 282 g/mol. The summed E-state index contributed by atoms with van der Waals surface area (Å²) in [7, 11) is 1.78. The number of aromatic nitrogens is 1. The van der Waals surface area contributed by atoms with Gasteiger partial charge in [0.1, 0.15) is 0 Å². The lowest BCUT2D eigenvalue weighted by atomic mass is 10.1. The molecule has 0 unspecified atom stereocenters. The van der Waals surface area contributed by atoms with Crippen LogP contribution in [-0.2, 0) is 13.0 Å². The van der Waals surface area contributed by atoms with Gasteiger partial charge >= 0.3 is 0 Å². The summed E-state index contributed by atoms with van der Waals surface area (Å²) in [6, 6.07) is 14.5. The molecule has 1 aromatic carbocycles. The van der Waals surface area contributed by atoms with Crippen molar-refractivity contribution < 1.29 is 0 Å². The highest BCUT2D eigenvalue weighted by atomic mass is 15.2. The second-order valence-corrected chi connectivity index (χ2v) is 4.91. The zero-order chi connectivity index (χ0) is 14.9. The maximum atomic E-state index is 4.28. The summed E-state index contributed by atoms with van der Waals surface area (Å²) in [5, 5.41) is 6.58. The first-order valence-corrected chi connectivity index (χ1v) is 7.18. The van der Waals surface area contributed by atoms with Crippen LogP contribution in [0.3, 0.4) is 0 Å². The minimum Gasteiger partial charge on any atom is -0.356 e. The number of nitrogens with zero attached hydrogens (tertiary/aromatic N) is 2. The quantitative estimate of drug-likeness (QED) is 0.653. The third-order valence-corrected chi connectivity index (χ3v) is 3.18. The van der Waals surface area contributed by atoms with E-state index in [-0.39, 0.29) is 0 Å². The number of hydrogen-bond acceptors (Lipinski definition) is 2. The Hall–Kier alpha value is -2.36. The van der Waals surface area contributed by atoms with Crippen molar-refractivity contribution in [3.63, 3.8) is 0 Å². The zero-order valence-electron chi connectivity index (χ0n) is 12.6. The van der Waals surface area contributed by atoms with Gasteiger partial charge in [-0.25, -0.2) is 0 Å². The number of aryl methyl sites for hydroxylation is 1. The molecule has 1 heterocycles. The van der Waals surface area contributed by atoms with Gasteiger partial charge < -0.3 is 10.6 Å². The molecule has 0 amide bonds. The van der Waals surface area contributed by atoms with E-state index in [4.69, 9.17) is 0 Å². The molecule has 0 atom stereocenters. The minimum absolute atomic E-state index is 0.672. The molecule has 110 valence electrons. The summed E-state index contributed by atoms with van der Waals surface area (Å²) in [6.45, 7) is 3.64. The van der Waals surface area contributed by atoms with Crippen LogP contribution in [0, 0.1) is 6.92 Å². The Labute approximate surface area is 126 Å². The predicted molar refractivity (Wildman–Crippen MR) is 87.3 cm³/mol. The summed E-state index contributed by atoms with van der Waals surface area (Å²) in [4.78, 5) is 8.50. The molecular weight excluding hydrogens is 260 g/mol. The van der Waals surface area contributed by atoms with E-state index >= 15 is 0 Å². The smallest absolute Gasteiger partial charge is 0.191 e. The van der Waals surface area contributed by atoms with Crippen LogP contribution < -0.4 is 10.6 Å². The van der Waals surface area contributed by atoms with E-state index in [1.165, 1.54) is 11.1 Å². The first-order chi connectivity index (χ1) is 10.3. The van der Waals surface area contributed by atoms with Crippen molar-refractivity contribution >= 4 is 5.96 Å². The average Bonchev–Trinajstić information content (AvgIpc) is 2.52. The lowest BCUT2D eigenvalue weighted by molar-refractivity contribution is 0.783. The standard InChI is InChI=1S/C17H22N4/c1-14-6-5-7-15(12-14)9-11-20-17(18-2)21-13-16-8-3-4-10-19-16/h3-8,10,12H,9,11,13H2,1-2H3,(H2,18,20,21). The molecule has 0 saturated heterocycles. The minimum atomic E-state index is 0.672. The summed E-state index contributed by atoms with van der Waals surface area (Å²) >= 11 is 0. The molecule has 0 fully saturated rings. The van der Waals surface area contributed by atoms with Gasteiger partial charge in [0, 0.05) is 19.8 Å². The number of rotatable bonds is 5. The van der Waals surface area contributed by atoms with E-state index < -0.39 is 0 Å². The van der Waals surface area contributed by atoms with Crippen molar-refractivity contribution in [2.45, 2.75) is 19.9 Å². The van der Waals surface area contributed by atoms with Gasteiger partial charge in [0.05, 0.1) is 12.2 Å². The van der Waals surface area contributed by atoms with Crippen molar-refractivity contribution in [1.29, 1.82) is 0 Å². The molecule has 2 rings (SSSR count). The zero-order valence-corrected chi connectivity index (χ0v) is 12.6. The lowest BCUT2D eigenvalue weighted by Gasteiger charge is -2.11. The van der Waals surface area contributed by atoms with Gasteiger partial charge in [0.2, 0.25) is 0 Å². The third kappa shape index (κ3) is 5.26. The van der Waals surface area contributed by atoms with Gasteiger partial charge in [-0.05, 0) is 31.0 Å². The van der Waals surface area contributed by atoms with Crippen LogP contribution in [0.2, 0.25) is 0 Å². The summed E-state index contributed by atoms with van der Waals surface area (Å²) in [6.07, 6.45) is 2.77. The van der Waals surface area contributed by atoms with Crippen molar-refractivity contribution in [2.75, 3.05) is 13.6 Å². The van der Waals surface area contributed by atoms with Gasteiger partial charge in [-0.2, -0.15) is 0 Å². The van der Waals surface area contributed by atoms with Gasteiger partial charge in [-0.3, -0.25) is 9.98 Å². The normalized spacial score (nSPS) is 11.2. The molecule has 0 aliphatic carbocycles. The second-order valence-electron chi connectivity index (χ2n) is 4.91. The van der Waals surface area contributed by atoms with Crippen molar-refractivity contribution in [2.24, 2.45) is 4.99 Å². The molecule has 21 heavy (non-hydrogen) atoms. The topological polar surface area (TPSA) is 49.3 Å². The summed E-state index contributed by atoms with van der Waals surface area (Å²) in [5.41, 5.74) is 3.63. The van der Waals surface area contributed by atoms with Crippen LogP contribution in [0.1, 0.15) is 16.8 Å². The third-order valence-electron chi connectivity index (χ3n) is 3.18. The van der Waals surface area contributed by atoms with Crippen molar-refractivity contribution in [1.82, 2.24) is 15.6 Å². The van der Waals surface area contributed by atoms with Gasteiger partial charge in [0.15, 0.2) is 5.96 Å². The highest BCUT2D eigenvalue weighted by Crippen LogP contribution is 2.03. The molecule has 1 aromatic heterocycles. The van der Waals surface area contributed by atoms with E-state index in [0.29, 0.717) is 6.54 Å². The molecule has 2 aromatic rings. The van der Waals surface area contributed by atoms with Crippen molar-refractivity contribution in [3.8, 4) is 0 Å². The van der Waals surface area contributed by atoms with E-state index in [2.05, 4.69) is 51.8 Å². The Balaban J connectivity index is 1.75. The van der Waals surface area contributed by atoms with E-state index in [1.54, 1.807) is 13.2 Å². The maximum Gasteiger partial charge on any atom is 0.191 e. The Morgan fingerprint density at radius 2 is 2.05 bits per heavy atom. The van der Waals surface area contributed by atoms with Crippen LogP contribution >= 0.6 is 0 Å². The molecule has 0 saturated carbocycles. The molecule has 0 radical (unpaired) electrons. The fourth-order valence-electron chi connectivity index (χ4n) is 2.09.